The van der Waals surface area contributed by atoms with Crippen molar-refractivity contribution in [1.29, 1.82) is 0 Å². The number of amides is 1. The summed E-state index contributed by atoms with van der Waals surface area (Å²) in [6.45, 7) is 9.83. The number of nitrogens with one attached hydrogen (secondary N) is 1. The molecule has 0 spiro atoms. The van der Waals surface area contributed by atoms with Crippen molar-refractivity contribution in [3.63, 3.8) is 0 Å². The molecule has 0 heterocycles. The lowest BCUT2D eigenvalue weighted by Gasteiger charge is -2.26. The Morgan fingerprint density at radius 2 is 1.65 bits per heavy atom. The first-order valence-corrected chi connectivity index (χ1v) is 9.29. The second-order valence-electron chi connectivity index (χ2n) is 7.01. The molecule has 140 valence electrons. The Balaban J connectivity index is 1.92. The molecule has 0 aliphatic carbocycles. The van der Waals surface area contributed by atoms with Gasteiger partial charge in [-0.05, 0) is 45.4 Å². The number of hydrogen-bond acceptors (Lipinski definition) is 3. The summed E-state index contributed by atoms with van der Waals surface area (Å²) in [5.74, 6) is 0.712. The minimum Gasteiger partial charge on any atom is -0.489 e. The highest BCUT2D eigenvalue weighted by Gasteiger charge is 2.14. The molecule has 0 atom stereocenters. The normalized spacial score (nSPS) is 11.2. The molecule has 0 unspecified atom stereocenters. The fourth-order valence-corrected chi connectivity index (χ4v) is 2.72. The minimum atomic E-state index is 0.00326. The van der Waals surface area contributed by atoms with Gasteiger partial charge in [0.15, 0.2) is 0 Å². The van der Waals surface area contributed by atoms with Crippen LogP contribution in [0.15, 0.2) is 54.6 Å². The van der Waals surface area contributed by atoms with E-state index in [4.69, 9.17) is 4.74 Å². The van der Waals surface area contributed by atoms with E-state index in [1.54, 1.807) is 0 Å². The van der Waals surface area contributed by atoms with Crippen LogP contribution in [0.1, 0.15) is 39.7 Å². The van der Waals surface area contributed by atoms with Crippen molar-refractivity contribution in [2.45, 2.75) is 52.8 Å². The van der Waals surface area contributed by atoms with Crippen molar-refractivity contribution in [3.8, 4) is 5.75 Å². The molecule has 1 amide bonds. The lowest BCUT2D eigenvalue weighted by Crippen LogP contribution is -2.33. The lowest BCUT2D eigenvalue weighted by molar-refractivity contribution is -0.116. The van der Waals surface area contributed by atoms with Crippen molar-refractivity contribution in [2.75, 3.05) is 11.9 Å². The molecule has 2 aromatic carbocycles. The lowest BCUT2D eigenvalue weighted by atomic mass is 10.2. The van der Waals surface area contributed by atoms with E-state index in [2.05, 4.69) is 36.2 Å². The Morgan fingerprint density at radius 3 is 2.31 bits per heavy atom. The number of anilines is 1. The first kappa shape index (κ1) is 20.0. The van der Waals surface area contributed by atoms with Crippen LogP contribution in [-0.2, 0) is 11.3 Å². The number of carbonyl (C=O) groups excluding carboxylic acids is 1. The molecule has 4 heteroatoms. The zero-order valence-electron chi connectivity index (χ0n) is 16.2. The van der Waals surface area contributed by atoms with Gasteiger partial charge in [-0.2, -0.15) is 0 Å². The molecular weight excluding hydrogens is 324 g/mol. The van der Waals surface area contributed by atoms with Gasteiger partial charge in [0.25, 0.3) is 0 Å². The van der Waals surface area contributed by atoms with Gasteiger partial charge in [-0.1, -0.05) is 42.5 Å². The van der Waals surface area contributed by atoms with E-state index in [9.17, 15) is 4.79 Å². The summed E-state index contributed by atoms with van der Waals surface area (Å²) in [6.07, 6.45) is 0.511. The van der Waals surface area contributed by atoms with Crippen LogP contribution in [0.5, 0.6) is 5.75 Å². The molecule has 2 aromatic rings. The fourth-order valence-electron chi connectivity index (χ4n) is 2.72. The molecule has 0 aliphatic rings. The maximum absolute atomic E-state index is 12.4. The van der Waals surface area contributed by atoms with Gasteiger partial charge in [-0.25, -0.2) is 0 Å². The zero-order chi connectivity index (χ0) is 18.9. The minimum absolute atomic E-state index is 0.00326. The van der Waals surface area contributed by atoms with E-state index >= 15 is 0 Å². The van der Waals surface area contributed by atoms with Gasteiger partial charge in [0, 0.05) is 25.6 Å². The maximum atomic E-state index is 12.4. The van der Waals surface area contributed by atoms with Gasteiger partial charge in [0.2, 0.25) is 5.91 Å². The maximum Gasteiger partial charge on any atom is 0.225 e. The third kappa shape index (κ3) is 6.52. The Hall–Kier alpha value is -2.33. The Kier molecular flexibility index (Phi) is 7.67. The predicted octanol–water partition coefficient (Wildman–Crippen LogP) is 4.71. The second kappa shape index (κ2) is 9.97. The van der Waals surface area contributed by atoms with Crippen LogP contribution >= 0.6 is 0 Å². The standard InChI is InChI=1S/C22H30N2O2/c1-17(2)24(16-19-10-6-5-7-11-19)15-14-22(25)23-20-12-8-9-13-21(20)26-18(3)4/h5-13,17-18H,14-16H2,1-4H3,(H,23,25). The smallest absolute Gasteiger partial charge is 0.225 e. The van der Waals surface area contributed by atoms with Crippen molar-refractivity contribution < 1.29 is 9.53 Å². The quantitative estimate of drug-likeness (QED) is 0.709. The van der Waals surface area contributed by atoms with Crippen LogP contribution in [-0.4, -0.2) is 29.5 Å². The molecule has 0 saturated heterocycles. The summed E-state index contributed by atoms with van der Waals surface area (Å²) in [5.41, 5.74) is 1.99. The second-order valence-corrected chi connectivity index (χ2v) is 7.01. The summed E-state index contributed by atoms with van der Waals surface area (Å²) >= 11 is 0. The van der Waals surface area contributed by atoms with Crippen molar-refractivity contribution in [2.24, 2.45) is 0 Å². The first-order chi connectivity index (χ1) is 12.5. The average Bonchev–Trinajstić information content (AvgIpc) is 2.60. The molecule has 0 fully saturated rings. The van der Waals surface area contributed by atoms with Gasteiger partial charge in [-0.3, -0.25) is 9.69 Å². The van der Waals surface area contributed by atoms with E-state index in [0.717, 1.165) is 12.2 Å². The van der Waals surface area contributed by atoms with Crippen LogP contribution in [0.25, 0.3) is 0 Å². The molecule has 26 heavy (non-hydrogen) atoms. The Bertz CT molecular complexity index is 684. The molecule has 0 radical (unpaired) electrons. The number of rotatable bonds is 9. The van der Waals surface area contributed by atoms with E-state index in [1.165, 1.54) is 5.56 Å². The topological polar surface area (TPSA) is 41.6 Å². The fraction of sp³-hybridized carbons (Fsp3) is 0.409. The Morgan fingerprint density at radius 1 is 1.00 bits per heavy atom. The van der Waals surface area contributed by atoms with E-state index < -0.39 is 0 Å². The van der Waals surface area contributed by atoms with Crippen LogP contribution in [0.2, 0.25) is 0 Å². The number of nitrogens with zero attached hydrogens (tertiary/aromatic N) is 1. The number of carbonyl (C=O) groups is 1. The van der Waals surface area contributed by atoms with Gasteiger partial charge in [-0.15, -0.1) is 0 Å². The van der Waals surface area contributed by atoms with Gasteiger partial charge < -0.3 is 10.1 Å². The van der Waals surface area contributed by atoms with Gasteiger partial charge in [0.05, 0.1) is 11.8 Å². The summed E-state index contributed by atoms with van der Waals surface area (Å²) in [5, 5.41) is 2.98. The molecular formula is C22H30N2O2. The van der Waals surface area contributed by atoms with Gasteiger partial charge >= 0.3 is 0 Å². The average molecular weight is 354 g/mol. The molecule has 0 aromatic heterocycles. The predicted molar refractivity (Wildman–Crippen MR) is 107 cm³/mol. The van der Waals surface area contributed by atoms with E-state index in [0.29, 0.717) is 24.8 Å². The van der Waals surface area contributed by atoms with Crippen molar-refractivity contribution >= 4 is 11.6 Å². The van der Waals surface area contributed by atoms with Crippen LogP contribution in [0.4, 0.5) is 5.69 Å². The van der Waals surface area contributed by atoms with E-state index in [-0.39, 0.29) is 12.0 Å². The van der Waals surface area contributed by atoms with Crippen LogP contribution < -0.4 is 10.1 Å². The summed E-state index contributed by atoms with van der Waals surface area (Å²) < 4.78 is 5.76. The number of ether oxygens (including phenoxy) is 1. The third-order valence-corrected chi connectivity index (χ3v) is 4.11. The summed E-state index contributed by atoms with van der Waals surface area (Å²) in [4.78, 5) is 14.7. The highest BCUT2D eigenvalue weighted by molar-refractivity contribution is 5.92. The van der Waals surface area contributed by atoms with Crippen LogP contribution in [0, 0.1) is 0 Å². The molecule has 2 rings (SSSR count). The molecule has 0 saturated carbocycles. The largest absolute Gasteiger partial charge is 0.489 e. The summed E-state index contributed by atoms with van der Waals surface area (Å²) in [6, 6.07) is 18.3. The van der Waals surface area contributed by atoms with E-state index in [1.807, 2.05) is 56.3 Å². The monoisotopic (exact) mass is 354 g/mol. The van der Waals surface area contributed by atoms with Gasteiger partial charge in [0.1, 0.15) is 5.75 Å². The summed E-state index contributed by atoms with van der Waals surface area (Å²) in [7, 11) is 0. The Labute approximate surface area is 157 Å². The molecule has 1 N–H and O–H groups in total. The highest BCUT2D eigenvalue weighted by Crippen LogP contribution is 2.25. The molecule has 0 aliphatic heterocycles. The first-order valence-electron chi connectivity index (χ1n) is 9.29. The third-order valence-electron chi connectivity index (χ3n) is 4.11. The number of benzene rings is 2. The SMILES string of the molecule is CC(C)Oc1ccccc1NC(=O)CCN(Cc1ccccc1)C(C)C. The molecule has 4 nitrogen and oxygen atoms in total. The van der Waals surface area contributed by atoms with Crippen molar-refractivity contribution in [1.82, 2.24) is 4.90 Å². The van der Waals surface area contributed by atoms with Crippen molar-refractivity contribution in [3.05, 3.63) is 60.2 Å². The highest BCUT2D eigenvalue weighted by atomic mass is 16.5. The number of para-hydroxylation sites is 2. The molecule has 0 bridgehead atoms. The van der Waals surface area contributed by atoms with Crippen LogP contribution in [0.3, 0.4) is 0 Å². The number of hydrogen-bond donors (Lipinski definition) is 1. The zero-order valence-corrected chi connectivity index (χ0v) is 16.2.